The van der Waals surface area contributed by atoms with E-state index in [2.05, 4.69) is 5.16 Å². The van der Waals surface area contributed by atoms with Gasteiger partial charge >= 0.3 is 0 Å². The predicted molar refractivity (Wildman–Crippen MR) is 110 cm³/mol. The molecule has 0 heterocycles. The van der Waals surface area contributed by atoms with Gasteiger partial charge in [-0.2, -0.15) is 0 Å². The molecule has 0 saturated carbocycles. The fraction of sp³-hybridized carbons (Fsp3) is 0.174. The molecule has 3 rings (SSSR count). The quantitative estimate of drug-likeness (QED) is 0.325. The fourth-order valence-electron chi connectivity index (χ4n) is 2.67. The minimum Gasteiger partial charge on any atom is -0.497 e. The number of rotatable bonds is 9. The Morgan fingerprint density at radius 3 is 1.72 bits per heavy atom. The van der Waals surface area contributed by atoms with Crippen molar-refractivity contribution in [2.24, 2.45) is 5.16 Å². The summed E-state index contributed by atoms with van der Waals surface area (Å²) in [5.74, 6) is 2.75. The number of hydrogen-bond donors (Lipinski definition) is 1. The SMILES string of the molecule is COc1ccc(COc2ccc(/C=N/O)cc2OCc2ccc(OC)cc2)cc1. The number of ether oxygens (including phenoxy) is 4. The van der Waals surface area contributed by atoms with Gasteiger partial charge in [0, 0.05) is 5.56 Å². The van der Waals surface area contributed by atoms with Crippen molar-refractivity contribution in [1.29, 1.82) is 0 Å². The van der Waals surface area contributed by atoms with E-state index in [9.17, 15) is 0 Å². The van der Waals surface area contributed by atoms with Gasteiger partial charge in [-0.25, -0.2) is 0 Å². The molecule has 0 radical (unpaired) electrons. The highest BCUT2D eigenvalue weighted by Crippen LogP contribution is 2.30. The third-order valence-corrected chi connectivity index (χ3v) is 4.28. The van der Waals surface area contributed by atoms with Crippen LogP contribution in [0.5, 0.6) is 23.0 Å². The molecule has 0 saturated heterocycles. The summed E-state index contributed by atoms with van der Waals surface area (Å²) in [6, 6.07) is 20.7. The van der Waals surface area contributed by atoms with Gasteiger partial charge in [0.1, 0.15) is 24.7 Å². The van der Waals surface area contributed by atoms with Crippen LogP contribution in [0.1, 0.15) is 16.7 Å². The van der Waals surface area contributed by atoms with E-state index in [-0.39, 0.29) is 0 Å². The second kappa shape index (κ2) is 10.0. The minimum atomic E-state index is 0.364. The largest absolute Gasteiger partial charge is 0.497 e. The molecule has 0 amide bonds. The zero-order valence-corrected chi connectivity index (χ0v) is 16.4. The average Bonchev–Trinajstić information content (AvgIpc) is 2.78. The maximum Gasteiger partial charge on any atom is 0.162 e. The zero-order chi connectivity index (χ0) is 20.5. The van der Waals surface area contributed by atoms with Crippen LogP contribution in [-0.2, 0) is 13.2 Å². The Kier molecular flexibility index (Phi) is 6.95. The van der Waals surface area contributed by atoms with Crippen molar-refractivity contribution in [3.05, 3.63) is 83.4 Å². The third kappa shape index (κ3) is 5.65. The fourth-order valence-corrected chi connectivity index (χ4v) is 2.67. The van der Waals surface area contributed by atoms with Crippen LogP contribution in [0.15, 0.2) is 71.9 Å². The van der Waals surface area contributed by atoms with E-state index >= 15 is 0 Å². The van der Waals surface area contributed by atoms with Crippen molar-refractivity contribution >= 4 is 6.21 Å². The molecule has 1 N–H and O–H groups in total. The summed E-state index contributed by atoms with van der Waals surface area (Å²) in [5, 5.41) is 11.9. The van der Waals surface area contributed by atoms with Gasteiger partial charge in [-0.3, -0.25) is 0 Å². The average molecular weight is 393 g/mol. The van der Waals surface area contributed by atoms with Gasteiger partial charge in [0.15, 0.2) is 11.5 Å². The van der Waals surface area contributed by atoms with Gasteiger partial charge in [-0.15, -0.1) is 0 Å². The van der Waals surface area contributed by atoms with Gasteiger partial charge in [-0.1, -0.05) is 29.4 Å². The van der Waals surface area contributed by atoms with Crippen molar-refractivity contribution in [2.45, 2.75) is 13.2 Å². The summed E-state index contributed by atoms with van der Waals surface area (Å²) < 4.78 is 22.3. The third-order valence-electron chi connectivity index (χ3n) is 4.28. The summed E-state index contributed by atoms with van der Waals surface area (Å²) in [7, 11) is 3.27. The maximum absolute atomic E-state index is 8.81. The summed E-state index contributed by atoms with van der Waals surface area (Å²) >= 11 is 0. The molecule has 0 aliphatic heterocycles. The summed E-state index contributed by atoms with van der Waals surface area (Å²) in [4.78, 5) is 0. The number of hydrogen-bond acceptors (Lipinski definition) is 6. The van der Waals surface area contributed by atoms with E-state index in [1.165, 1.54) is 6.21 Å². The number of methoxy groups -OCH3 is 2. The van der Waals surface area contributed by atoms with Crippen LogP contribution in [-0.4, -0.2) is 25.6 Å². The summed E-state index contributed by atoms with van der Waals surface area (Å²) in [6.45, 7) is 0.749. The molecule has 0 unspecified atom stereocenters. The van der Waals surface area contributed by atoms with E-state index in [1.54, 1.807) is 32.4 Å². The molecule has 3 aromatic rings. The lowest BCUT2D eigenvalue weighted by Gasteiger charge is -2.14. The van der Waals surface area contributed by atoms with E-state index in [4.69, 9.17) is 24.2 Å². The summed E-state index contributed by atoms with van der Waals surface area (Å²) in [6.07, 6.45) is 1.34. The number of nitrogens with zero attached hydrogens (tertiary/aromatic N) is 1. The Morgan fingerprint density at radius 1 is 0.724 bits per heavy atom. The first-order valence-corrected chi connectivity index (χ1v) is 9.05. The van der Waals surface area contributed by atoms with Gasteiger partial charge in [-0.05, 0) is 53.6 Å². The number of oxime groups is 1. The van der Waals surface area contributed by atoms with E-state index < -0.39 is 0 Å². The van der Waals surface area contributed by atoms with Crippen LogP contribution in [0.3, 0.4) is 0 Å². The van der Waals surface area contributed by atoms with Gasteiger partial charge < -0.3 is 24.2 Å². The van der Waals surface area contributed by atoms with Crippen LogP contribution >= 0.6 is 0 Å². The molecule has 6 nitrogen and oxygen atoms in total. The zero-order valence-electron chi connectivity index (χ0n) is 16.4. The van der Waals surface area contributed by atoms with Crippen LogP contribution in [0, 0.1) is 0 Å². The van der Waals surface area contributed by atoms with Crippen molar-refractivity contribution < 1.29 is 24.2 Å². The van der Waals surface area contributed by atoms with Crippen LogP contribution in [0.4, 0.5) is 0 Å². The molecule has 0 fully saturated rings. The molecule has 0 aromatic heterocycles. The lowest BCUT2D eigenvalue weighted by atomic mass is 10.2. The van der Waals surface area contributed by atoms with E-state index in [1.807, 2.05) is 48.5 Å². The molecular formula is C23H23NO5. The molecule has 0 atom stereocenters. The maximum atomic E-state index is 8.81. The smallest absolute Gasteiger partial charge is 0.162 e. The molecule has 0 bridgehead atoms. The predicted octanol–water partition coefficient (Wildman–Crippen LogP) is 4.67. The summed E-state index contributed by atoms with van der Waals surface area (Å²) in [5.41, 5.74) is 2.70. The molecular weight excluding hydrogens is 370 g/mol. The van der Waals surface area contributed by atoms with E-state index in [0.29, 0.717) is 30.3 Å². The minimum absolute atomic E-state index is 0.364. The molecule has 3 aromatic carbocycles. The Hall–Kier alpha value is -3.67. The molecule has 6 heteroatoms. The Labute approximate surface area is 169 Å². The number of benzene rings is 3. The monoisotopic (exact) mass is 393 g/mol. The van der Waals surface area contributed by atoms with Crippen molar-refractivity contribution in [2.75, 3.05) is 14.2 Å². The second-order valence-corrected chi connectivity index (χ2v) is 6.22. The van der Waals surface area contributed by atoms with Crippen molar-refractivity contribution in [3.8, 4) is 23.0 Å². The first-order chi connectivity index (χ1) is 14.2. The van der Waals surface area contributed by atoms with Crippen molar-refractivity contribution in [1.82, 2.24) is 0 Å². The second-order valence-electron chi connectivity index (χ2n) is 6.22. The lowest BCUT2D eigenvalue weighted by Crippen LogP contribution is -2.01. The topological polar surface area (TPSA) is 69.5 Å². The molecule has 0 aliphatic carbocycles. The standard InChI is InChI=1S/C23H23NO5/c1-26-20-8-3-17(4-9-20)15-28-22-12-7-19(14-24-25)13-23(22)29-16-18-5-10-21(27-2)11-6-18/h3-14,25H,15-16H2,1-2H3/b24-14+. The van der Waals surface area contributed by atoms with Crippen LogP contribution in [0.25, 0.3) is 0 Å². The Balaban J connectivity index is 1.72. The molecule has 0 aliphatic rings. The first kappa shape index (κ1) is 20.1. The van der Waals surface area contributed by atoms with Crippen molar-refractivity contribution in [3.63, 3.8) is 0 Å². The first-order valence-electron chi connectivity index (χ1n) is 9.05. The Morgan fingerprint density at radius 2 is 1.24 bits per heavy atom. The highest BCUT2D eigenvalue weighted by molar-refractivity contribution is 5.80. The molecule has 150 valence electrons. The molecule has 0 spiro atoms. The van der Waals surface area contributed by atoms with Crippen LogP contribution in [0.2, 0.25) is 0 Å². The molecule has 29 heavy (non-hydrogen) atoms. The van der Waals surface area contributed by atoms with Gasteiger partial charge in [0.25, 0.3) is 0 Å². The highest BCUT2D eigenvalue weighted by Gasteiger charge is 2.08. The Bertz CT molecular complexity index is 936. The lowest BCUT2D eigenvalue weighted by molar-refractivity contribution is 0.256. The highest BCUT2D eigenvalue weighted by atomic mass is 16.5. The van der Waals surface area contributed by atoms with Crippen LogP contribution < -0.4 is 18.9 Å². The normalized spacial score (nSPS) is 10.7. The van der Waals surface area contributed by atoms with Gasteiger partial charge in [0.05, 0.1) is 20.4 Å². The van der Waals surface area contributed by atoms with Gasteiger partial charge in [0.2, 0.25) is 0 Å². The van der Waals surface area contributed by atoms with E-state index in [0.717, 1.165) is 22.6 Å².